The number of nitrogens with zero attached hydrogens (tertiary/aromatic N) is 3. The fourth-order valence-corrected chi connectivity index (χ4v) is 13.0. The third-order valence-corrected chi connectivity index (χ3v) is 15.0. The first-order chi connectivity index (χ1) is 19.6. The van der Waals surface area contributed by atoms with Crippen LogP contribution in [0.3, 0.4) is 0 Å². The van der Waals surface area contributed by atoms with Gasteiger partial charge in [0.15, 0.2) is 6.20 Å². The lowest BCUT2D eigenvalue weighted by atomic mass is 9.32. The summed E-state index contributed by atoms with van der Waals surface area (Å²) in [6.45, 7) is 21.2. The van der Waals surface area contributed by atoms with E-state index in [2.05, 4.69) is 58.5 Å². The molecule has 6 aliphatic rings. The number of quaternary nitrogens is 1. The third kappa shape index (κ3) is 3.86. The molecule has 7 nitrogen and oxygen atoms in total. The van der Waals surface area contributed by atoms with Crippen LogP contribution in [-0.4, -0.2) is 29.3 Å². The van der Waals surface area contributed by atoms with Crippen LogP contribution in [0.5, 0.6) is 0 Å². The lowest BCUT2D eigenvalue weighted by molar-refractivity contribution is -0.843. The minimum absolute atomic E-state index is 0.00887. The molecule has 0 aromatic heterocycles. The van der Waals surface area contributed by atoms with Gasteiger partial charge in [-0.05, 0) is 117 Å². The minimum atomic E-state index is -1.18. The molecule has 232 valence electrons. The van der Waals surface area contributed by atoms with Crippen molar-refractivity contribution < 1.29 is 24.0 Å². The summed E-state index contributed by atoms with van der Waals surface area (Å²) in [6, 6.07) is 0. The minimum Gasteiger partial charge on any atom is -0.496 e. The zero-order chi connectivity index (χ0) is 30.5. The van der Waals surface area contributed by atoms with Crippen LogP contribution in [0.2, 0.25) is 0 Å². The van der Waals surface area contributed by atoms with Gasteiger partial charge in [0, 0.05) is 23.0 Å². The van der Waals surface area contributed by atoms with Crippen molar-refractivity contribution in [2.24, 2.45) is 67.0 Å². The second kappa shape index (κ2) is 9.49. The maximum absolute atomic E-state index is 12.5. The predicted octanol–water partition coefficient (Wildman–Crippen LogP) is 7.59. The summed E-state index contributed by atoms with van der Waals surface area (Å²) in [5, 5.41) is 20.7. The molecule has 5 aliphatic carbocycles. The van der Waals surface area contributed by atoms with E-state index in [9.17, 15) is 14.7 Å². The number of esters is 1. The highest BCUT2D eigenvalue weighted by Crippen LogP contribution is 2.77. The van der Waals surface area contributed by atoms with Gasteiger partial charge in [0.2, 0.25) is 0 Å². The fourth-order valence-electron chi connectivity index (χ4n) is 13.0. The van der Waals surface area contributed by atoms with Gasteiger partial charge in [-0.2, -0.15) is 0 Å². The molecule has 11 atom stereocenters. The summed E-state index contributed by atoms with van der Waals surface area (Å²) in [6.07, 6.45) is 13.0. The second-order valence-electron chi connectivity index (χ2n) is 16.8. The summed E-state index contributed by atoms with van der Waals surface area (Å²) < 4.78 is 5.40. The molecule has 1 amide bonds. The van der Waals surface area contributed by atoms with E-state index in [4.69, 9.17) is 4.74 Å². The van der Waals surface area contributed by atoms with E-state index in [1.54, 1.807) is 13.1 Å². The summed E-state index contributed by atoms with van der Waals surface area (Å²) >= 11 is 0. The molecular weight excluding hydrogens is 526 g/mol. The van der Waals surface area contributed by atoms with Gasteiger partial charge in [-0.3, -0.25) is 4.79 Å². The number of allylic oxidation sites excluding steroid dienone is 1. The quantitative estimate of drug-likeness (QED) is 0.195. The average Bonchev–Trinajstić information content (AvgIpc) is 3.52. The first-order valence-corrected chi connectivity index (χ1v) is 16.6. The van der Waals surface area contributed by atoms with Gasteiger partial charge in [0.1, 0.15) is 18.8 Å². The fraction of sp³-hybridized carbons (Fsp3) is 0.829. The highest BCUT2D eigenvalue weighted by Gasteiger charge is 2.72. The Balaban J connectivity index is 1.36. The zero-order valence-corrected chi connectivity index (χ0v) is 27.1. The normalized spacial score (nSPS) is 50.3. The van der Waals surface area contributed by atoms with Crippen LogP contribution in [0.1, 0.15) is 113 Å². The topological polar surface area (TPSA) is 91.2 Å². The molecule has 42 heavy (non-hydrogen) atoms. The molecule has 0 N–H and O–H groups in total. The van der Waals surface area contributed by atoms with Gasteiger partial charge >= 0.3 is 5.97 Å². The van der Waals surface area contributed by atoms with Gasteiger partial charge < -0.3 is 14.6 Å². The maximum atomic E-state index is 12.5. The molecule has 0 spiro atoms. The summed E-state index contributed by atoms with van der Waals surface area (Å²) in [4.78, 5) is 24.5. The van der Waals surface area contributed by atoms with Crippen molar-refractivity contribution in [3.63, 3.8) is 0 Å². The highest BCUT2D eigenvalue weighted by molar-refractivity contribution is 5.66. The summed E-state index contributed by atoms with van der Waals surface area (Å²) in [5.41, 5.74) is 1.67. The number of hydrogen-bond donors (Lipinski definition) is 0. The Labute approximate surface area is 252 Å². The van der Waals surface area contributed by atoms with Gasteiger partial charge in [0.05, 0.1) is 0 Å². The van der Waals surface area contributed by atoms with E-state index in [1.807, 2.05) is 0 Å². The van der Waals surface area contributed by atoms with Crippen LogP contribution >= 0.6 is 0 Å². The smallest absolute Gasteiger partial charge is 0.302 e. The first kappa shape index (κ1) is 30.0. The summed E-state index contributed by atoms with van der Waals surface area (Å²) in [5.74, 6) is 2.31. The molecule has 0 radical (unpaired) electrons. The van der Waals surface area contributed by atoms with E-state index >= 15 is 0 Å². The first-order valence-electron chi connectivity index (χ1n) is 16.6. The number of rotatable bonds is 4. The molecule has 2 unspecified atom stereocenters. The van der Waals surface area contributed by atoms with Gasteiger partial charge in [0.25, 0.3) is 6.09 Å². The van der Waals surface area contributed by atoms with Crippen molar-refractivity contribution in [1.82, 2.24) is 0 Å². The Kier molecular flexibility index (Phi) is 6.78. The van der Waals surface area contributed by atoms with Crippen LogP contribution < -0.4 is 5.11 Å². The number of carbonyl (C=O) groups excluding carboxylic acids is 2. The van der Waals surface area contributed by atoms with Crippen molar-refractivity contribution >= 4 is 12.1 Å². The van der Waals surface area contributed by atoms with E-state index in [0.717, 1.165) is 38.5 Å². The molecule has 5 saturated carbocycles. The van der Waals surface area contributed by atoms with Gasteiger partial charge in [-0.1, -0.05) is 46.8 Å². The standard InChI is InChI=1S/C35H53N3O4/c1-22(2)24-11-16-35(21-38(30(40)41)20-19-36-37-38)18-17-33(7)25(29(24)35)9-10-27-32(6)14-13-28(42-23(3)39)31(4,5)26(32)12-15-34(27,33)8/h19-20,24-29H,1,9-18,21H2,2-8H3/t24-,25+,26-,27?,28-,29+,32-,33+,34+,35+,38?/m0/s1. The largest absolute Gasteiger partial charge is 0.496 e. The predicted molar refractivity (Wildman–Crippen MR) is 159 cm³/mol. The molecule has 0 saturated heterocycles. The van der Waals surface area contributed by atoms with Crippen LogP contribution in [0, 0.1) is 56.7 Å². The second-order valence-corrected chi connectivity index (χ2v) is 16.8. The summed E-state index contributed by atoms with van der Waals surface area (Å²) in [7, 11) is 0. The van der Waals surface area contributed by atoms with Crippen LogP contribution in [0.4, 0.5) is 4.79 Å². The van der Waals surface area contributed by atoms with E-state index in [0.29, 0.717) is 36.1 Å². The molecule has 1 aliphatic heterocycles. The number of fused-ring (bicyclic) bond motifs is 7. The molecule has 0 bridgehead atoms. The van der Waals surface area contributed by atoms with Crippen molar-refractivity contribution in [2.45, 2.75) is 119 Å². The Morgan fingerprint density at radius 1 is 0.929 bits per heavy atom. The zero-order valence-electron chi connectivity index (χ0n) is 27.1. The number of hydrogen-bond acceptors (Lipinski definition) is 6. The molecule has 5 fully saturated rings. The van der Waals surface area contributed by atoms with Crippen molar-refractivity contribution in [2.75, 3.05) is 6.54 Å². The SMILES string of the molecule is C=C(C)[C@@H]1CC[C@]2(C[N+]3(C(=O)[O-])C=CN=N3)CC[C@]3(C)[C@H](CCC4[C@@]5(C)CC[C@H](OC(C)=O)C(C)(C)[C@@H]5CC[C@]43C)[C@@H]12. The van der Waals surface area contributed by atoms with Crippen molar-refractivity contribution in [3.05, 3.63) is 24.6 Å². The molecule has 6 rings (SSSR count). The number of ether oxygens (including phenoxy) is 1. The molecule has 7 heteroatoms. The lowest BCUT2D eigenvalue weighted by Gasteiger charge is -2.73. The monoisotopic (exact) mass is 579 g/mol. The van der Waals surface area contributed by atoms with Crippen LogP contribution in [-0.2, 0) is 9.53 Å². The van der Waals surface area contributed by atoms with Crippen molar-refractivity contribution in [3.8, 4) is 0 Å². The average molecular weight is 580 g/mol. The molecule has 0 aromatic carbocycles. The Morgan fingerprint density at radius 3 is 2.29 bits per heavy atom. The lowest BCUT2D eigenvalue weighted by Crippen LogP contribution is -2.67. The molecular formula is C35H53N3O4. The maximum Gasteiger partial charge on any atom is 0.302 e. The Morgan fingerprint density at radius 2 is 1.67 bits per heavy atom. The van der Waals surface area contributed by atoms with Gasteiger partial charge in [-0.25, -0.2) is 0 Å². The number of amides is 1. The van der Waals surface area contributed by atoms with E-state index in [-0.39, 0.29) is 39.1 Å². The Hall–Kier alpha value is -2.02. The molecule has 1 heterocycles. The van der Waals surface area contributed by atoms with E-state index < -0.39 is 10.7 Å². The van der Waals surface area contributed by atoms with Crippen LogP contribution in [0.25, 0.3) is 0 Å². The molecule has 0 aromatic rings. The van der Waals surface area contributed by atoms with Gasteiger partial charge in [-0.15, -0.1) is 9.71 Å². The third-order valence-electron chi connectivity index (χ3n) is 15.0. The van der Waals surface area contributed by atoms with E-state index in [1.165, 1.54) is 37.5 Å². The Bertz CT molecular complexity index is 1230. The number of carbonyl (C=O) groups is 2. The van der Waals surface area contributed by atoms with Crippen molar-refractivity contribution in [1.29, 1.82) is 0 Å². The number of carboxylic acid groups (broad SMARTS) is 1. The van der Waals surface area contributed by atoms with Crippen LogP contribution in [0.15, 0.2) is 34.9 Å². The highest BCUT2D eigenvalue weighted by atomic mass is 16.5.